The highest BCUT2D eigenvalue weighted by Crippen LogP contribution is 2.29. The number of carbonyl (C=O) groups is 2. The van der Waals surface area contributed by atoms with Crippen LogP contribution in [0.4, 0.5) is 11.5 Å². The van der Waals surface area contributed by atoms with Crippen molar-refractivity contribution in [3.8, 4) is 5.88 Å². The van der Waals surface area contributed by atoms with E-state index in [9.17, 15) is 19.7 Å². The van der Waals surface area contributed by atoms with E-state index in [-0.39, 0.29) is 18.2 Å². The van der Waals surface area contributed by atoms with Gasteiger partial charge in [0.2, 0.25) is 11.7 Å². The topological polar surface area (TPSA) is 157 Å². The fourth-order valence-corrected chi connectivity index (χ4v) is 1.21. The van der Waals surface area contributed by atoms with Crippen LogP contribution in [0.5, 0.6) is 5.88 Å². The molecule has 0 aliphatic rings. The standard InChI is InChI=1S/C9H11N5O6/c1-20-9-7(14(18)19)8(12-4-13-9)11-2-5(15)10-3-6(16)17/h4H,2-3H2,1H3,(H,10,15)(H,16,17)(H,11,12,13). The Labute approximate surface area is 112 Å². The summed E-state index contributed by atoms with van der Waals surface area (Å²) in [5.74, 6) is -2.31. The van der Waals surface area contributed by atoms with Gasteiger partial charge in [0.1, 0.15) is 12.9 Å². The maximum absolute atomic E-state index is 11.3. The number of methoxy groups -OCH3 is 1. The van der Waals surface area contributed by atoms with E-state index in [0.717, 1.165) is 6.33 Å². The number of hydrogen-bond donors (Lipinski definition) is 3. The normalized spacial score (nSPS) is 9.65. The molecule has 0 radical (unpaired) electrons. The zero-order valence-electron chi connectivity index (χ0n) is 10.3. The monoisotopic (exact) mass is 285 g/mol. The largest absolute Gasteiger partial charge is 0.480 e. The summed E-state index contributed by atoms with van der Waals surface area (Å²) in [5, 5.41) is 23.8. The minimum atomic E-state index is -1.20. The Kier molecular flexibility index (Phi) is 5.14. The number of hydrogen-bond acceptors (Lipinski definition) is 8. The maximum atomic E-state index is 11.3. The minimum Gasteiger partial charge on any atom is -0.480 e. The Bertz CT molecular complexity index is 534. The molecule has 0 atom stereocenters. The van der Waals surface area contributed by atoms with Crippen LogP contribution in [0.3, 0.4) is 0 Å². The quantitative estimate of drug-likeness (QED) is 0.422. The lowest BCUT2D eigenvalue weighted by molar-refractivity contribution is -0.385. The number of anilines is 1. The van der Waals surface area contributed by atoms with E-state index in [1.807, 2.05) is 0 Å². The molecule has 0 saturated carbocycles. The van der Waals surface area contributed by atoms with Crippen LogP contribution in [-0.2, 0) is 9.59 Å². The van der Waals surface area contributed by atoms with E-state index in [1.54, 1.807) is 0 Å². The molecular weight excluding hydrogens is 274 g/mol. The summed E-state index contributed by atoms with van der Waals surface area (Å²) in [6.45, 7) is -0.927. The lowest BCUT2D eigenvalue weighted by atomic mass is 10.4. The number of aromatic nitrogens is 2. The minimum absolute atomic E-state index is 0.202. The number of nitrogens with zero attached hydrogens (tertiary/aromatic N) is 3. The molecule has 0 aliphatic carbocycles. The van der Waals surface area contributed by atoms with Crippen LogP contribution in [-0.4, -0.2) is 52.1 Å². The van der Waals surface area contributed by atoms with Crippen LogP contribution in [0.1, 0.15) is 0 Å². The highest BCUT2D eigenvalue weighted by atomic mass is 16.6. The van der Waals surface area contributed by atoms with Crippen LogP contribution < -0.4 is 15.4 Å². The molecule has 1 aromatic rings. The van der Waals surface area contributed by atoms with Crippen molar-refractivity contribution in [2.24, 2.45) is 0 Å². The number of carboxylic acid groups (broad SMARTS) is 1. The van der Waals surface area contributed by atoms with Crippen molar-refractivity contribution in [1.82, 2.24) is 15.3 Å². The fraction of sp³-hybridized carbons (Fsp3) is 0.333. The first-order chi connectivity index (χ1) is 9.45. The van der Waals surface area contributed by atoms with Gasteiger partial charge in [-0.2, -0.15) is 4.98 Å². The molecule has 1 amide bonds. The molecule has 1 aromatic heterocycles. The van der Waals surface area contributed by atoms with Gasteiger partial charge < -0.3 is 20.5 Å². The Morgan fingerprint density at radius 1 is 1.45 bits per heavy atom. The third-order valence-corrected chi connectivity index (χ3v) is 2.02. The second-order valence-electron chi connectivity index (χ2n) is 3.36. The van der Waals surface area contributed by atoms with Crippen molar-refractivity contribution in [3.63, 3.8) is 0 Å². The fourth-order valence-electron chi connectivity index (χ4n) is 1.21. The highest BCUT2D eigenvalue weighted by Gasteiger charge is 2.24. The molecular formula is C9H11N5O6. The van der Waals surface area contributed by atoms with E-state index < -0.39 is 29.0 Å². The van der Waals surface area contributed by atoms with Crippen LogP contribution >= 0.6 is 0 Å². The van der Waals surface area contributed by atoms with E-state index in [1.165, 1.54) is 7.11 Å². The van der Waals surface area contributed by atoms with Crippen molar-refractivity contribution in [1.29, 1.82) is 0 Å². The van der Waals surface area contributed by atoms with Gasteiger partial charge in [0.05, 0.1) is 18.6 Å². The van der Waals surface area contributed by atoms with Gasteiger partial charge >= 0.3 is 11.7 Å². The lowest BCUT2D eigenvalue weighted by Gasteiger charge is -2.07. The third-order valence-electron chi connectivity index (χ3n) is 2.02. The van der Waals surface area contributed by atoms with E-state index in [2.05, 4.69) is 20.6 Å². The third kappa shape index (κ3) is 4.04. The van der Waals surface area contributed by atoms with Crippen molar-refractivity contribution in [3.05, 3.63) is 16.4 Å². The first-order valence-corrected chi connectivity index (χ1v) is 5.21. The number of ether oxygens (including phenoxy) is 1. The molecule has 0 unspecified atom stereocenters. The summed E-state index contributed by atoms with van der Waals surface area (Å²) in [7, 11) is 1.21. The lowest BCUT2D eigenvalue weighted by Crippen LogP contribution is -2.34. The summed E-state index contributed by atoms with van der Waals surface area (Å²) < 4.78 is 4.72. The van der Waals surface area contributed by atoms with E-state index in [0.29, 0.717) is 0 Å². The molecule has 11 heteroatoms. The van der Waals surface area contributed by atoms with E-state index in [4.69, 9.17) is 9.84 Å². The number of amides is 1. The number of rotatable bonds is 7. The van der Waals surface area contributed by atoms with Gasteiger partial charge in [-0.1, -0.05) is 0 Å². The van der Waals surface area contributed by atoms with Gasteiger partial charge in [-0.05, 0) is 0 Å². The number of nitro groups is 1. The molecule has 0 aromatic carbocycles. The van der Waals surface area contributed by atoms with Gasteiger partial charge in [0.15, 0.2) is 0 Å². The smallest absolute Gasteiger partial charge is 0.372 e. The number of carbonyl (C=O) groups excluding carboxylic acids is 1. The molecule has 1 heterocycles. The van der Waals surface area contributed by atoms with Gasteiger partial charge in [0, 0.05) is 0 Å². The summed E-state index contributed by atoms with van der Waals surface area (Å²) >= 11 is 0. The average molecular weight is 285 g/mol. The van der Waals surface area contributed by atoms with Gasteiger partial charge in [-0.25, -0.2) is 4.98 Å². The highest BCUT2D eigenvalue weighted by molar-refractivity contribution is 5.84. The zero-order valence-corrected chi connectivity index (χ0v) is 10.3. The molecule has 0 fully saturated rings. The first-order valence-electron chi connectivity index (χ1n) is 5.21. The van der Waals surface area contributed by atoms with Gasteiger partial charge in [0.25, 0.3) is 5.88 Å². The molecule has 3 N–H and O–H groups in total. The van der Waals surface area contributed by atoms with Gasteiger partial charge in [-0.15, -0.1) is 0 Å². The van der Waals surface area contributed by atoms with Gasteiger partial charge in [-0.3, -0.25) is 19.7 Å². The maximum Gasteiger partial charge on any atom is 0.372 e. The molecule has 0 aliphatic heterocycles. The van der Waals surface area contributed by atoms with Crippen LogP contribution in [0.25, 0.3) is 0 Å². The second-order valence-corrected chi connectivity index (χ2v) is 3.36. The SMILES string of the molecule is COc1ncnc(NCC(=O)NCC(=O)O)c1[N+](=O)[O-]. The molecule has 0 spiro atoms. The van der Waals surface area contributed by atoms with Crippen LogP contribution in [0.2, 0.25) is 0 Å². The van der Waals surface area contributed by atoms with Crippen molar-refractivity contribution in [2.45, 2.75) is 0 Å². The van der Waals surface area contributed by atoms with E-state index >= 15 is 0 Å². The summed E-state index contributed by atoms with van der Waals surface area (Å²) in [4.78, 5) is 38.9. The Hall–Kier alpha value is -2.98. The molecule has 0 bridgehead atoms. The Balaban J connectivity index is 2.75. The molecule has 1 rings (SSSR count). The summed E-state index contributed by atoms with van der Waals surface area (Å²) in [6, 6.07) is 0. The number of nitrogens with one attached hydrogen (secondary N) is 2. The predicted molar refractivity (Wildman–Crippen MR) is 64.4 cm³/mol. The van der Waals surface area contributed by atoms with Crippen molar-refractivity contribution in [2.75, 3.05) is 25.5 Å². The number of carboxylic acids is 1. The predicted octanol–water partition coefficient (Wildman–Crippen LogP) is -0.994. The Morgan fingerprint density at radius 2 is 2.15 bits per heavy atom. The molecule has 0 saturated heterocycles. The summed E-state index contributed by atoms with van der Waals surface area (Å²) in [5.41, 5.74) is -0.513. The van der Waals surface area contributed by atoms with Crippen molar-refractivity contribution >= 4 is 23.4 Å². The summed E-state index contributed by atoms with van der Waals surface area (Å²) in [6.07, 6.45) is 1.03. The molecule has 108 valence electrons. The van der Waals surface area contributed by atoms with Crippen LogP contribution in [0.15, 0.2) is 6.33 Å². The van der Waals surface area contributed by atoms with Crippen molar-refractivity contribution < 1.29 is 24.4 Å². The molecule has 11 nitrogen and oxygen atoms in total. The molecule has 20 heavy (non-hydrogen) atoms. The first kappa shape index (κ1) is 15.1. The zero-order chi connectivity index (χ0) is 15.1. The van der Waals surface area contributed by atoms with Crippen LogP contribution in [0, 0.1) is 10.1 Å². The average Bonchev–Trinajstić information content (AvgIpc) is 2.41. The number of aliphatic carboxylic acids is 1. The Morgan fingerprint density at radius 3 is 2.70 bits per heavy atom. The second kappa shape index (κ2) is 6.82.